The van der Waals surface area contributed by atoms with Crippen LogP contribution in [0, 0.1) is 39.2 Å². The van der Waals surface area contributed by atoms with Crippen LogP contribution in [0.5, 0.6) is 6.01 Å². The molecule has 3 rings (SSSR count). The zero-order valence-electron chi connectivity index (χ0n) is 12.1. The van der Waals surface area contributed by atoms with Gasteiger partial charge in [-0.05, 0) is 4.92 Å². The Bertz CT molecular complexity index is 828. The van der Waals surface area contributed by atoms with Crippen molar-refractivity contribution >= 4 is 5.82 Å². The van der Waals surface area contributed by atoms with E-state index >= 15 is 0 Å². The quantitative estimate of drug-likeness (QED) is 0.273. The average molecular weight is 365 g/mol. The van der Waals surface area contributed by atoms with Crippen LogP contribution in [0.15, 0.2) is 6.20 Å². The van der Waals surface area contributed by atoms with Gasteiger partial charge >= 0.3 is 11.8 Å². The summed E-state index contributed by atoms with van der Waals surface area (Å²) in [7, 11) is 0. The number of halogens is 5. The minimum Gasteiger partial charge on any atom is -0.443 e. The van der Waals surface area contributed by atoms with E-state index in [1.165, 1.54) is 4.57 Å². The van der Waals surface area contributed by atoms with Crippen molar-refractivity contribution in [2.75, 3.05) is 6.61 Å². The molecule has 2 heterocycles. The summed E-state index contributed by atoms with van der Waals surface area (Å²) < 4.78 is 77.8. The highest BCUT2D eigenvalue weighted by Gasteiger charge is 2.30. The first-order chi connectivity index (χ1) is 11.8. The lowest BCUT2D eigenvalue weighted by molar-refractivity contribution is -0.389. The number of aromatic nitrogens is 2. The molecule has 0 fully saturated rings. The van der Waals surface area contributed by atoms with Crippen LogP contribution in [0.1, 0.15) is 5.56 Å². The Kier molecular flexibility index (Phi) is 4.29. The average Bonchev–Trinajstić information content (AvgIpc) is 3.02. The first kappa shape index (κ1) is 17.1. The molecule has 1 atom stereocenters. The lowest BCUT2D eigenvalue weighted by atomic mass is 10.2. The first-order valence-electron chi connectivity index (χ1n) is 6.75. The summed E-state index contributed by atoms with van der Waals surface area (Å²) in [6.07, 6.45) is 0.236. The molecule has 1 aliphatic rings. The predicted octanol–water partition coefficient (Wildman–Crippen LogP) is 2.46. The minimum atomic E-state index is -2.25. The number of imidazole rings is 1. The molecule has 2 aromatic rings. The second-order valence-corrected chi connectivity index (χ2v) is 5.08. The van der Waals surface area contributed by atoms with Crippen molar-refractivity contribution in [3.63, 3.8) is 0 Å². The maximum atomic E-state index is 13.6. The molecule has 1 aromatic carbocycles. The van der Waals surface area contributed by atoms with Gasteiger partial charge in [-0.2, -0.15) is 0 Å². The van der Waals surface area contributed by atoms with E-state index in [2.05, 4.69) is 4.98 Å². The number of nitrogens with zero attached hydrogens (tertiary/aromatic N) is 3. The Morgan fingerprint density at radius 1 is 1.20 bits per heavy atom. The van der Waals surface area contributed by atoms with Crippen molar-refractivity contribution in [1.29, 1.82) is 0 Å². The van der Waals surface area contributed by atoms with Gasteiger partial charge in [-0.3, -0.25) is 4.57 Å². The highest BCUT2D eigenvalue weighted by atomic mass is 19.2. The molecular weight excluding hydrogens is 357 g/mol. The van der Waals surface area contributed by atoms with Crippen molar-refractivity contribution in [2.45, 2.75) is 19.3 Å². The highest BCUT2D eigenvalue weighted by molar-refractivity contribution is 5.24. The monoisotopic (exact) mass is 365 g/mol. The molecule has 0 bridgehead atoms. The van der Waals surface area contributed by atoms with Crippen LogP contribution in [0.3, 0.4) is 0 Å². The summed E-state index contributed by atoms with van der Waals surface area (Å²) in [5.74, 6) is -10.8. The van der Waals surface area contributed by atoms with Gasteiger partial charge in [-0.25, -0.2) is 22.0 Å². The third-order valence-electron chi connectivity index (χ3n) is 3.48. The van der Waals surface area contributed by atoms with E-state index in [1.54, 1.807) is 0 Å². The molecular formula is C13H8F5N3O4. The fourth-order valence-electron chi connectivity index (χ4n) is 2.24. The second kappa shape index (κ2) is 6.27. The van der Waals surface area contributed by atoms with Crippen LogP contribution in [-0.2, 0) is 17.9 Å². The van der Waals surface area contributed by atoms with Crippen molar-refractivity contribution in [1.82, 2.24) is 9.55 Å². The first-order valence-corrected chi connectivity index (χ1v) is 6.75. The van der Waals surface area contributed by atoms with Gasteiger partial charge in [0.05, 0.1) is 18.7 Å². The zero-order valence-corrected chi connectivity index (χ0v) is 12.1. The van der Waals surface area contributed by atoms with E-state index in [4.69, 9.17) is 9.47 Å². The SMILES string of the molecule is O=[N+]([O-])c1cn2c(n1)OC[C@H](OCc1c(F)c(F)c(F)c(F)c1F)C2. The zero-order chi connectivity index (χ0) is 18.3. The molecule has 0 aliphatic carbocycles. The molecule has 12 heteroatoms. The number of nitro groups is 1. The molecule has 0 saturated carbocycles. The van der Waals surface area contributed by atoms with Crippen molar-refractivity contribution in [3.8, 4) is 6.01 Å². The Hall–Kier alpha value is -2.76. The largest absolute Gasteiger partial charge is 0.443 e. The number of hydrogen-bond acceptors (Lipinski definition) is 5. The van der Waals surface area contributed by atoms with Crippen LogP contribution in [-0.4, -0.2) is 27.2 Å². The van der Waals surface area contributed by atoms with E-state index in [-0.39, 0.29) is 19.2 Å². The fraction of sp³-hybridized carbons (Fsp3) is 0.308. The van der Waals surface area contributed by atoms with Crippen molar-refractivity contribution in [2.24, 2.45) is 0 Å². The van der Waals surface area contributed by atoms with Crippen LogP contribution in [0.25, 0.3) is 0 Å². The Morgan fingerprint density at radius 2 is 1.80 bits per heavy atom. The topological polar surface area (TPSA) is 79.4 Å². The summed E-state index contributed by atoms with van der Waals surface area (Å²) in [5.41, 5.74) is -1.11. The summed E-state index contributed by atoms with van der Waals surface area (Å²) in [6.45, 7) is -1.07. The summed E-state index contributed by atoms with van der Waals surface area (Å²) in [6, 6.07) is -0.0391. The third kappa shape index (κ3) is 2.99. The number of hydrogen-bond donors (Lipinski definition) is 0. The molecule has 134 valence electrons. The molecule has 1 aliphatic heterocycles. The van der Waals surface area contributed by atoms with Crippen LogP contribution in [0.2, 0.25) is 0 Å². The summed E-state index contributed by atoms with van der Waals surface area (Å²) in [4.78, 5) is 13.5. The van der Waals surface area contributed by atoms with Gasteiger partial charge in [0.1, 0.15) is 18.9 Å². The standard InChI is InChI=1S/C13H8F5N3O4/c14-8-6(9(15)11(17)12(18)10(8)16)4-24-5-1-20-2-7(21(22)23)19-13(20)25-3-5/h2,5H,1,3-4H2/t5-/m1/s1. The third-order valence-corrected chi connectivity index (χ3v) is 3.48. The molecule has 7 nitrogen and oxygen atoms in total. The van der Waals surface area contributed by atoms with E-state index in [9.17, 15) is 32.1 Å². The van der Waals surface area contributed by atoms with Gasteiger partial charge in [0, 0.05) is 4.98 Å². The van der Waals surface area contributed by atoms with Crippen LogP contribution < -0.4 is 4.74 Å². The van der Waals surface area contributed by atoms with Gasteiger partial charge in [-0.15, -0.1) is 0 Å². The van der Waals surface area contributed by atoms with Gasteiger partial charge < -0.3 is 19.6 Å². The predicted molar refractivity (Wildman–Crippen MR) is 69.2 cm³/mol. The highest BCUT2D eigenvalue weighted by Crippen LogP contribution is 2.26. The molecule has 0 saturated heterocycles. The number of rotatable bonds is 4. The van der Waals surface area contributed by atoms with E-state index in [1.807, 2.05) is 0 Å². The minimum absolute atomic E-state index is 0.00836. The van der Waals surface area contributed by atoms with Gasteiger partial charge in [0.15, 0.2) is 23.3 Å². The van der Waals surface area contributed by atoms with Crippen LogP contribution >= 0.6 is 0 Å². The van der Waals surface area contributed by atoms with Gasteiger partial charge in [0.2, 0.25) is 5.82 Å². The molecule has 1 aromatic heterocycles. The molecule has 25 heavy (non-hydrogen) atoms. The molecule has 0 amide bonds. The molecule has 0 spiro atoms. The summed E-state index contributed by atoms with van der Waals surface area (Å²) in [5, 5.41) is 10.6. The summed E-state index contributed by atoms with van der Waals surface area (Å²) >= 11 is 0. The second-order valence-electron chi connectivity index (χ2n) is 5.08. The smallest absolute Gasteiger partial charge is 0.414 e. The molecule has 0 N–H and O–H groups in total. The van der Waals surface area contributed by atoms with Crippen molar-refractivity contribution < 1.29 is 36.3 Å². The normalized spacial score (nSPS) is 16.4. The molecule has 0 unspecified atom stereocenters. The molecule has 0 radical (unpaired) electrons. The lowest BCUT2D eigenvalue weighted by Gasteiger charge is -2.22. The number of fused-ring (bicyclic) bond motifs is 1. The Morgan fingerprint density at radius 3 is 2.40 bits per heavy atom. The number of benzene rings is 1. The van der Waals surface area contributed by atoms with E-state index in [0.717, 1.165) is 6.20 Å². The maximum Gasteiger partial charge on any atom is 0.414 e. The lowest BCUT2D eigenvalue weighted by Crippen LogP contribution is -2.32. The van der Waals surface area contributed by atoms with Crippen LogP contribution in [0.4, 0.5) is 27.8 Å². The Balaban J connectivity index is 1.74. The van der Waals surface area contributed by atoms with Gasteiger partial charge in [0.25, 0.3) is 0 Å². The number of ether oxygens (including phenoxy) is 2. The van der Waals surface area contributed by atoms with E-state index in [0.29, 0.717) is 0 Å². The van der Waals surface area contributed by atoms with Gasteiger partial charge in [-0.1, -0.05) is 0 Å². The maximum absolute atomic E-state index is 13.6. The van der Waals surface area contributed by atoms with Crippen molar-refractivity contribution in [3.05, 3.63) is 51.0 Å². The Labute approximate surface area is 135 Å². The van der Waals surface area contributed by atoms with E-state index < -0.39 is 58.1 Å². The fourth-order valence-corrected chi connectivity index (χ4v) is 2.24.